The van der Waals surface area contributed by atoms with Crippen molar-refractivity contribution in [2.75, 3.05) is 0 Å². The van der Waals surface area contributed by atoms with Crippen LogP contribution in [0.4, 0.5) is 13.2 Å². The normalized spacial score (nSPS) is 18.1. The molecule has 2 saturated carbocycles. The number of nitrogens with one attached hydrogen (secondary N) is 2. The van der Waals surface area contributed by atoms with Crippen molar-refractivity contribution >= 4 is 17.8 Å². The summed E-state index contributed by atoms with van der Waals surface area (Å²) in [6.45, 7) is 7.94. The number of esters is 1. The van der Waals surface area contributed by atoms with Gasteiger partial charge in [0.1, 0.15) is 17.7 Å². The van der Waals surface area contributed by atoms with Crippen molar-refractivity contribution in [3.05, 3.63) is 75.9 Å². The zero-order valence-electron chi connectivity index (χ0n) is 20.9. The standard InChI is InChI=1S/C21H28F3N2O4.C5H5.Fe/c1-13(2)16(26-19(29)21(22,23)24)17(27)25-15(18(28)30-20(3,4)5)12-8-11-14-9-6-7-10-14;1-2-4-5-3-1;/h6-11,13,15-16H,12H2,1-5H3,(H,25,27)(H,26,29);1-5H;/q;;+2/b11-8+;;/t15-,16+;;/m1../s1. The van der Waals surface area contributed by atoms with Crippen LogP contribution in [0.3, 0.4) is 0 Å². The number of hydrogen-bond donors (Lipinski definition) is 2. The fourth-order valence-electron chi connectivity index (χ4n) is 2.77. The van der Waals surface area contributed by atoms with Crippen molar-refractivity contribution in [3.63, 3.8) is 0 Å². The minimum absolute atomic E-state index is 0. The number of hydrogen-bond acceptors (Lipinski definition) is 4. The monoisotopic (exact) mass is 550 g/mol. The molecule has 10 radical (unpaired) electrons. The van der Waals surface area contributed by atoms with Gasteiger partial charge in [0, 0.05) is 5.92 Å². The van der Waals surface area contributed by atoms with Gasteiger partial charge in [-0.1, -0.05) is 26.0 Å². The second-order valence-corrected chi connectivity index (χ2v) is 9.11. The van der Waals surface area contributed by atoms with Crippen LogP contribution in [0.2, 0.25) is 0 Å². The quantitative estimate of drug-likeness (QED) is 0.355. The Hall–Kier alpha value is -1.54. The molecule has 36 heavy (non-hydrogen) atoms. The predicted molar refractivity (Wildman–Crippen MR) is 126 cm³/mol. The molecule has 6 nitrogen and oxygen atoms in total. The molecule has 0 heterocycles. The first kappa shape index (κ1) is 34.5. The van der Waals surface area contributed by atoms with E-state index < -0.39 is 47.6 Å². The van der Waals surface area contributed by atoms with Crippen LogP contribution in [0.5, 0.6) is 0 Å². The number of amides is 2. The average Bonchev–Trinajstić information content (AvgIpc) is 3.45. The molecule has 2 amide bonds. The van der Waals surface area contributed by atoms with E-state index in [0.29, 0.717) is 0 Å². The third kappa shape index (κ3) is 14.3. The zero-order chi connectivity index (χ0) is 26.6. The first-order valence-electron chi connectivity index (χ1n) is 11.2. The van der Waals surface area contributed by atoms with Crippen LogP contribution in [-0.4, -0.2) is 41.6 Å². The van der Waals surface area contributed by atoms with Gasteiger partial charge in [0.05, 0.1) is 0 Å². The number of carbonyl (C=O) groups excluding carboxylic acids is 3. The molecule has 2 fully saturated rings. The Balaban J connectivity index is 0.00000181. The first-order chi connectivity index (χ1) is 16.2. The van der Waals surface area contributed by atoms with Gasteiger partial charge in [0.2, 0.25) is 5.91 Å². The van der Waals surface area contributed by atoms with Gasteiger partial charge in [0.15, 0.2) is 0 Å². The second-order valence-electron chi connectivity index (χ2n) is 9.11. The van der Waals surface area contributed by atoms with E-state index in [2.05, 4.69) is 5.32 Å². The Labute approximate surface area is 224 Å². The molecule has 0 unspecified atom stereocenters. The van der Waals surface area contributed by atoms with E-state index in [9.17, 15) is 27.6 Å². The van der Waals surface area contributed by atoms with Crippen LogP contribution in [0.15, 0.2) is 12.2 Å². The molecule has 198 valence electrons. The molecule has 0 aromatic rings. The van der Waals surface area contributed by atoms with Crippen LogP contribution in [0.1, 0.15) is 41.0 Å². The van der Waals surface area contributed by atoms with E-state index in [1.165, 1.54) is 13.8 Å². The largest absolute Gasteiger partial charge is 2.00 e. The molecular weight excluding hydrogens is 517 g/mol. The molecule has 0 bridgehead atoms. The number of halogens is 3. The molecule has 2 N–H and O–H groups in total. The summed E-state index contributed by atoms with van der Waals surface area (Å²) in [6, 6.07) is -2.60. The van der Waals surface area contributed by atoms with Crippen molar-refractivity contribution < 1.29 is 49.4 Å². The topological polar surface area (TPSA) is 84.5 Å². The number of carbonyl (C=O) groups is 3. The third-order valence-corrected chi connectivity index (χ3v) is 4.43. The van der Waals surface area contributed by atoms with Gasteiger partial charge in [-0.25, -0.2) is 4.79 Å². The van der Waals surface area contributed by atoms with E-state index in [1.807, 2.05) is 57.8 Å². The van der Waals surface area contributed by atoms with Crippen LogP contribution >= 0.6 is 0 Å². The van der Waals surface area contributed by atoms with E-state index in [0.717, 1.165) is 5.92 Å². The molecule has 10 heteroatoms. The van der Waals surface area contributed by atoms with E-state index in [-0.39, 0.29) is 23.5 Å². The van der Waals surface area contributed by atoms with Gasteiger partial charge >= 0.3 is 35.1 Å². The summed E-state index contributed by atoms with van der Waals surface area (Å²) >= 11 is 0. The van der Waals surface area contributed by atoms with Crippen LogP contribution in [0.25, 0.3) is 0 Å². The Kier molecular flexibility index (Phi) is 15.6. The van der Waals surface area contributed by atoms with E-state index >= 15 is 0 Å². The van der Waals surface area contributed by atoms with Gasteiger partial charge < -0.3 is 15.4 Å². The summed E-state index contributed by atoms with van der Waals surface area (Å²) < 4.78 is 43.1. The molecule has 2 aliphatic carbocycles. The molecule has 2 rings (SSSR count). The number of rotatable bonds is 8. The maximum atomic E-state index is 12.6. The molecule has 0 aliphatic heterocycles. The maximum absolute atomic E-state index is 12.6. The third-order valence-electron chi connectivity index (χ3n) is 4.43. The van der Waals surface area contributed by atoms with Crippen molar-refractivity contribution in [1.82, 2.24) is 10.6 Å². The molecule has 2 aliphatic rings. The Morgan fingerprint density at radius 1 is 0.917 bits per heavy atom. The van der Waals surface area contributed by atoms with E-state index in [1.54, 1.807) is 38.2 Å². The molecule has 2 atom stereocenters. The smallest absolute Gasteiger partial charge is 0.458 e. The summed E-state index contributed by atoms with van der Waals surface area (Å²) in [7, 11) is 0. The zero-order valence-corrected chi connectivity index (χ0v) is 22.0. The Morgan fingerprint density at radius 2 is 1.42 bits per heavy atom. The summed E-state index contributed by atoms with van der Waals surface area (Å²) in [5, 5.41) is 4.09. The van der Waals surface area contributed by atoms with Gasteiger partial charge in [-0.3, -0.25) is 9.59 Å². The summed E-state index contributed by atoms with van der Waals surface area (Å²) in [4.78, 5) is 36.4. The molecule has 0 saturated heterocycles. The van der Waals surface area contributed by atoms with Crippen LogP contribution in [-0.2, 0) is 36.2 Å². The van der Waals surface area contributed by atoms with Crippen molar-refractivity contribution in [3.8, 4) is 0 Å². The van der Waals surface area contributed by atoms with Gasteiger partial charge in [-0.05, 0) is 90.9 Å². The van der Waals surface area contributed by atoms with E-state index in [4.69, 9.17) is 4.74 Å². The Morgan fingerprint density at radius 3 is 1.83 bits per heavy atom. The van der Waals surface area contributed by atoms with Crippen LogP contribution < -0.4 is 10.6 Å². The molecule has 0 aromatic heterocycles. The average molecular weight is 550 g/mol. The summed E-state index contributed by atoms with van der Waals surface area (Å²) in [5.41, 5.74) is -0.822. The Bertz CT molecular complexity index is 703. The van der Waals surface area contributed by atoms with Gasteiger partial charge in [0.25, 0.3) is 0 Å². The van der Waals surface area contributed by atoms with Crippen molar-refractivity contribution in [1.29, 1.82) is 0 Å². The van der Waals surface area contributed by atoms with Crippen molar-refractivity contribution in [2.24, 2.45) is 5.92 Å². The maximum Gasteiger partial charge on any atom is 2.00 e. The van der Waals surface area contributed by atoms with Gasteiger partial charge in [-0.2, -0.15) is 13.2 Å². The first-order valence-corrected chi connectivity index (χ1v) is 11.2. The van der Waals surface area contributed by atoms with Crippen molar-refractivity contribution in [2.45, 2.75) is 64.9 Å². The number of alkyl halides is 3. The fraction of sp³-hybridized carbons (Fsp3) is 0.423. The summed E-state index contributed by atoms with van der Waals surface area (Å²) in [6.07, 6.45) is 15.7. The minimum Gasteiger partial charge on any atom is -0.458 e. The number of allylic oxidation sites excluding steroid dienone is 1. The fourth-order valence-corrected chi connectivity index (χ4v) is 2.77. The van der Waals surface area contributed by atoms with Gasteiger partial charge in [-0.15, -0.1) is 0 Å². The molecule has 0 spiro atoms. The van der Waals surface area contributed by atoms with Crippen LogP contribution in [0, 0.1) is 69.6 Å². The molecular formula is C26H33F3FeN2O4+2. The minimum atomic E-state index is -5.12. The number of ether oxygens (including phenoxy) is 1. The summed E-state index contributed by atoms with van der Waals surface area (Å²) in [5.74, 6) is -3.61. The predicted octanol–water partition coefficient (Wildman–Crippen LogP) is 3.89. The second kappa shape index (κ2) is 16.3. The molecule has 0 aromatic carbocycles. The SMILES string of the molecule is CC(C)[C@H](NC(=O)C(F)(F)F)C(=O)N[C@H](C/C=C/[C]1[CH][CH][CH][CH]1)C(=O)OC(C)(C)C.[CH]1[CH][CH][CH][CH]1.[Fe+2].